The van der Waals surface area contributed by atoms with Gasteiger partial charge < -0.3 is 10.5 Å². The molecule has 2 N–H and O–H groups in total. The number of nitrogen functional groups attached to an aromatic ring is 1. The Morgan fingerprint density at radius 2 is 1.81 bits per heavy atom. The van der Waals surface area contributed by atoms with Gasteiger partial charge in [0.15, 0.2) is 5.75 Å². The molecule has 0 fully saturated rings. The van der Waals surface area contributed by atoms with Gasteiger partial charge in [0.2, 0.25) is 0 Å². The first-order valence-electron chi connectivity index (χ1n) is 6.49. The van der Waals surface area contributed by atoms with Crippen LogP contribution >= 0.6 is 15.9 Å². The van der Waals surface area contributed by atoms with Crippen molar-refractivity contribution in [3.63, 3.8) is 0 Å². The van der Waals surface area contributed by atoms with Crippen molar-refractivity contribution in [2.45, 2.75) is 6.61 Å². The molecule has 0 heterocycles. The predicted octanol–water partition coefficient (Wildman–Crippen LogP) is 4.90. The number of fused-ring (bicyclic) bond motifs is 1. The van der Waals surface area contributed by atoms with E-state index in [0.717, 1.165) is 16.3 Å². The van der Waals surface area contributed by atoms with E-state index in [4.69, 9.17) is 10.5 Å². The smallest absolute Gasteiger partial charge is 0.157 e. The van der Waals surface area contributed by atoms with Crippen molar-refractivity contribution in [3.8, 4) is 5.75 Å². The molecular weight excluding hydrogens is 333 g/mol. The summed E-state index contributed by atoms with van der Waals surface area (Å²) in [4.78, 5) is 0. The van der Waals surface area contributed by atoms with Gasteiger partial charge in [0, 0.05) is 6.07 Å². The fourth-order valence-corrected chi connectivity index (χ4v) is 2.86. The third-order valence-electron chi connectivity index (χ3n) is 3.29. The number of hydrogen-bond acceptors (Lipinski definition) is 2. The van der Waals surface area contributed by atoms with Crippen LogP contribution in [0.15, 0.2) is 59.1 Å². The van der Waals surface area contributed by atoms with Crippen molar-refractivity contribution in [1.29, 1.82) is 0 Å². The normalized spacial score (nSPS) is 10.8. The molecule has 0 spiro atoms. The first-order valence-corrected chi connectivity index (χ1v) is 7.28. The first kappa shape index (κ1) is 13.9. The Balaban J connectivity index is 1.91. The molecule has 0 amide bonds. The number of rotatable bonds is 3. The molecule has 0 unspecified atom stereocenters. The molecule has 3 aromatic carbocycles. The van der Waals surface area contributed by atoms with Crippen LogP contribution in [-0.4, -0.2) is 0 Å². The Labute approximate surface area is 130 Å². The van der Waals surface area contributed by atoms with Gasteiger partial charge in [-0.05, 0) is 38.3 Å². The molecule has 0 aliphatic rings. The molecule has 0 radical (unpaired) electrons. The Bertz CT molecular complexity index is 775. The number of anilines is 1. The Kier molecular flexibility index (Phi) is 3.80. The SMILES string of the molecule is Nc1cc(F)cc(Br)c1OCc1cccc2ccccc12. The summed E-state index contributed by atoms with van der Waals surface area (Å²) in [6.45, 7) is 0.371. The summed E-state index contributed by atoms with van der Waals surface area (Å²) in [5.41, 5.74) is 7.14. The van der Waals surface area contributed by atoms with Crippen molar-refractivity contribution in [3.05, 3.63) is 70.5 Å². The van der Waals surface area contributed by atoms with Crippen molar-refractivity contribution in [2.75, 3.05) is 5.73 Å². The summed E-state index contributed by atoms with van der Waals surface area (Å²) >= 11 is 3.28. The summed E-state index contributed by atoms with van der Waals surface area (Å²) in [6.07, 6.45) is 0. The lowest BCUT2D eigenvalue weighted by atomic mass is 10.1. The molecule has 0 aliphatic heterocycles. The molecule has 106 valence electrons. The summed E-state index contributed by atoms with van der Waals surface area (Å²) in [6, 6.07) is 16.8. The minimum absolute atomic E-state index is 0.280. The van der Waals surface area contributed by atoms with Crippen LogP contribution in [0.5, 0.6) is 5.75 Å². The van der Waals surface area contributed by atoms with Crippen LogP contribution in [-0.2, 0) is 6.61 Å². The number of hydrogen-bond donors (Lipinski definition) is 1. The maximum atomic E-state index is 13.2. The number of benzene rings is 3. The fourth-order valence-electron chi connectivity index (χ4n) is 2.30. The molecule has 3 aromatic rings. The van der Waals surface area contributed by atoms with E-state index in [1.54, 1.807) is 0 Å². The van der Waals surface area contributed by atoms with Gasteiger partial charge in [0.25, 0.3) is 0 Å². The summed E-state index contributed by atoms with van der Waals surface area (Å²) in [5.74, 6) is 0.0706. The lowest BCUT2D eigenvalue weighted by molar-refractivity contribution is 0.307. The van der Waals surface area contributed by atoms with Gasteiger partial charge >= 0.3 is 0 Å². The second-order valence-corrected chi connectivity index (χ2v) is 5.59. The zero-order valence-electron chi connectivity index (χ0n) is 11.1. The fraction of sp³-hybridized carbons (Fsp3) is 0.0588. The lowest BCUT2D eigenvalue weighted by Crippen LogP contribution is -2.01. The second-order valence-electron chi connectivity index (χ2n) is 4.73. The average molecular weight is 346 g/mol. The van der Waals surface area contributed by atoms with Gasteiger partial charge in [-0.3, -0.25) is 0 Å². The molecule has 0 atom stereocenters. The van der Waals surface area contributed by atoms with Gasteiger partial charge in [-0.2, -0.15) is 0 Å². The van der Waals surface area contributed by atoms with E-state index >= 15 is 0 Å². The Morgan fingerprint density at radius 1 is 1.05 bits per heavy atom. The maximum Gasteiger partial charge on any atom is 0.157 e. The van der Waals surface area contributed by atoms with Gasteiger partial charge in [0.1, 0.15) is 12.4 Å². The van der Waals surface area contributed by atoms with E-state index in [0.29, 0.717) is 16.8 Å². The number of halogens is 2. The van der Waals surface area contributed by atoms with Crippen LogP contribution in [0.3, 0.4) is 0 Å². The molecule has 21 heavy (non-hydrogen) atoms. The van der Waals surface area contributed by atoms with E-state index in [-0.39, 0.29) is 5.69 Å². The largest absolute Gasteiger partial charge is 0.486 e. The predicted molar refractivity (Wildman–Crippen MR) is 86.8 cm³/mol. The number of ether oxygens (including phenoxy) is 1. The van der Waals surface area contributed by atoms with Gasteiger partial charge in [-0.1, -0.05) is 42.5 Å². The van der Waals surface area contributed by atoms with Crippen molar-refractivity contribution in [1.82, 2.24) is 0 Å². The highest BCUT2D eigenvalue weighted by atomic mass is 79.9. The number of nitrogens with two attached hydrogens (primary N) is 1. The van der Waals surface area contributed by atoms with Gasteiger partial charge in [0.05, 0.1) is 10.2 Å². The minimum Gasteiger partial charge on any atom is -0.486 e. The molecule has 4 heteroatoms. The second kappa shape index (κ2) is 5.74. The molecule has 0 aliphatic carbocycles. The van der Waals surface area contributed by atoms with Crippen LogP contribution in [0, 0.1) is 5.82 Å². The average Bonchev–Trinajstić information content (AvgIpc) is 2.46. The van der Waals surface area contributed by atoms with Crippen LogP contribution in [0.1, 0.15) is 5.56 Å². The molecule has 0 bridgehead atoms. The monoisotopic (exact) mass is 345 g/mol. The quantitative estimate of drug-likeness (QED) is 0.685. The third-order valence-corrected chi connectivity index (χ3v) is 3.88. The molecule has 3 rings (SSSR count). The highest BCUT2D eigenvalue weighted by Gasteiger charge is 2.09. The topological polar surface area (TPSA) is 35.2 Å². The highest BCUT2D eigenvalue weighted by Crippen LogP contribution is 2.33. The zero-order valence-corrected chi connectivity index (χ0v) is 12.7. The van der Waals surface area contributed by atoms with E-state index in [2.05, 4.69) is 34.1 Å². The molecule has 0 saturated heterocycles. The summed E-state index contributed by atoms with van der Waals surface area (Å²) in [5, 5.41) is 2.29. The standard InChI is InChI=1S/C17H13BrFNO/c18-15-8-13(19)9-16(20)17(15)21-10-12-6-3-5-11-4-1-2-7-14(11)12/h1-9H,10,20H2. The van der Waals surface area contributed by atoms with Crippen LogP contribution in [0.4, 0.5) is 10.1 Å². The van der Waals surface area contributed by atoms with E-state index in [1.165, 1.54) is 12.1 Å². The Hall–Kier alpha value is -2.07. The van der Waals surface area contributed by atoms with E-state index in [9.17, 15) is 4.39 Å². The van der Waals surface area contributed by atoms with Crippen LogP contribution in [0.25, 0.3) is 10.8 Å². The summed E-state index contributed by atoms with van der Waals surface area (Å²) < 4.78 is 19.5. The first-order chi connectivity index (χ1) is 10.1. The minimum atomic E-state index is -0.392. The van der Waals surface area contributed by atoms with Crippen molar-refractivity contribution in [2.24, 2.45) is 0 Å². The van der Waals surface area contributed by atoms with E-state index in [1.807, 2.05) is 24.3 Å². The molecular formula is C17H13BrFNO. The summed E-state index contributed by atoms with van der Waals surface area (Å²) in [7, 11) is 0. The highest BCUT2D eigenvalue weighted by molar-refractivity contribution is 9.10. The third kappa shape index (κ3) is 2.85. The van der Waals surface area contributed by atoms with E-state index < -0.39 is 5.82 Å². The lowest BCUT2D eigenvalue weighted by Gasteiger charge is -2.12. The Morgan fingerprint density at radius 3 is 2.62 bits per heavy atom. The van der Waals surface area contributed by atoms with Crippen LogP contribution < -0.4 is 10.5 Å². The van der Waals surface area contributed by atoms with Crippen LogP contribution in [0.2, 0.25) is 0 Å². The molecule has 0 saturated carbocycles. The zero-order chi connectivity index (χ0) is 14.8. The van der Waals surface area contributed by atoms with Gasteiger partial charge in [-0.15, -0.1) is 0 Å². The molecule has 0 aromatic heterocycles. The molecule has 2 nitrogen and oxygen atoms in total. The van der Waals surface area contributed by atoms with Gasteiger partial charge in [-0.25, -0.2) is 4.39 Å². The van der Waals surface area contributed by atoms with Crippen molar-refractivity contribution >= 4 is 32.4 Å². The van der Waals surface area contributed by atoms with Crippen molar-refractivity contribution < 1.29 is 9.13 Å². The maximum absolute atomic E-state index is 13.2.